The molecule has 1 aliphatic carbocycles. The van der Waals surface area contributed by atoms with E-state index in [1.807, 2.05) is 18.2 Å². The maximum atomic E-state index is 10.2. The van der Waals surface area contributed by atoms with Gasteiger partial charge in [-0.3, -0.25) is 0 Å². The molecule has 3 rings (SSSR count). The molecule has 3 atom stereocenters. The van der Waals surface area contributed by atoms with Gasteiger partial charge in [-0.1, -0.05) is 31.0 Å². The summed E-state index contributed by atoms with van der Waals surface area (Å²) >= 11 is 0.00694. The van der Waals surface area contributed by atoms with Gasteiger partial charge in [-0.25, -0.2) is 0 Å². The van der Waals surface area contributed by atoms with E-state index in [4.69, 9.17) is 20.2 Å². The first-order valence-electron chi connectivity index (χ1n) is 11.0. The third-order valence-electron chi connectivity index (χ3n) is 5.77. The Kier molecular flexibility index (Phi) is 14.4. The number of nitrogens with one attached hydrogen (secondary N) is 5. The topological polar surface area (TPSA) is 80.4 Å². The number of para-hydroxylation sites is 1. The summed E-state index contributed by atoms with van der Waals surface area (Å²) in [5.74, 6) is 0.400. The molecule has 1 saturated heterocycles. The minimum atomic E-state index is 0.00694. The summed E-state index contributed by atoms with van der Waals surface area (Å²) in [5.41, 5.74) is 1.02. The van der Waals surface area contributed by atoms with Crippen LogP contribution < -0.4 is 26.6 Å². The fraction of sp³-hybridized carbons (Fsp3) is 0.714. The quantitative estimate of drug-likeness (QED) is 0.348. The molecule has 1 heterocycles. The van der Waals surface area contributed by atoms with Crippen LogP contribution in [0.3, 0.4) is 0 Å². The van der Waals surface area contributed by atoms with Crippen molar-refractivity contribution in [2.75, 3.05) is 45.8 Å². The number of hydrogen-bond acceptors (Lipinski definition) is 6. The molecule has 0 unspecified atom stereocenters. The summed E-state index contributed by atoms with van der Waals surface area (Å²) in [5, 5.41) is 28.4. The third-order valence-corrected chi connectivity index (χ3v) is 5.77. The molecule has 1 saturated carbocycles. The number of rotatable bonds is 2. The van der Waals surface area contributed by atoms with Crippen molar-refractivity contribution >= 4 is 20.2 Å². The van der Waals surface area contributed by atoms with Gasteiger partial charge in [0, 0.05) is 63.9 Å². The monoisotopic (exact) mass is 500 g/mol. The SMILES string of the molecule is Oc1ccccc1C[C@@H]1CN[C@@H]2CCCC[C@H]2NCCNCCNCCN1.[Cl][Mn][Cl]. The average molecular weight is 501 g/mol. The summed E-state index contributed by atoms with van der Waals surface area (Å²) in [6.07, 6.45) is 5.99. The molecule has 9 heteroatoms. The van der Waals surface area contributed by atoms with Crippen LogP contribution in [-0.2, 0) is 19.6 Å². The molecule has 173 valence electrons. The van der Waals surface area contributed by atoms with Gasteiger partial charge < -0.3 is 31.7 Å². The van der Waals surface area contributed by atoms with Crippen molar-refractivity contribution in [2.24, 2.45) is 0 Å². The normalized spacial score (nSPS) is 26.9. The first-order valence-corrected chi connectivity index (χ1v) is 14.2. The summed E-state index contributed by atoms with van der Waals surface area (Å²) in [6, 6.07) is 9.12. The second-order valence-electron chi connectivity index (χ2n) is 7.90. The molecule has 0 amide bonds. The van der Waals surface area contributed by atoms with Crippen LogP contribution in [-0.4, -0.2) is 69.0 Å². The summed E-state index contributed by atoms with van der Waals surface area (Å²) in [7, 11) is 9.59. The van der Waals surface area contributed by atoms with E-state index in [-0.39, 0.29) is 13.1 Å². The molecule has 6 nitrogen and oxygen atoms in total. The number of benzene rings is 1. The molecular formula is C21H37Cl2MnN5O. The van der Waals surface area contributed by atoms with Crippen LogP contribution >= 0.6 is 20.2 Å². The van der Waals surface area contributed by atoms with E-state index in [1.165, 1.54) is 25.7 Å². The molecule has 6 N–H and O–H groups in total. The van der Waals surface area contributed by atoms with E-state index in [0.717, 1.165) is 57.8 Å². The predicted octanol–water partition coefficient (Wildman–Crippen LogP) is 1.95. The fourth-order valence-electron chi connectivity index (χ4n) is 4.22. The van der Waals surface area contributed by atoms with Crippen molar-refractivity contribution in [1.29, 1.82) is 0 Å². The Morgan fingerprint density at radius 3 is 2.07 bits per heavy atom. The van der Waals surface area contributed by atoms with E-state index >= 15 is 0 Å². The van der Waals surface area contributed by atoms with Crippen LogP contribution in [0.15, 0.2) is 24.3 Å². The summed E-state index contributed by atoms with van der Waals surface area (Å²) in [4.78, 5) is 0. The van der Waals surface area contributed by atoms with Gasteiger partial charge in [-0.15, -0.1) is 0 Å². The van der Waals surface area contributed by atoms with Crippen molar-refractivity contribution in [3.05, 3.63) is 29.8 Å². The van der Waals surface area contributed by atoms with Crippen molar-refractivity contribution in [3.63, 3.8) is 0 Å². The van der Waals surface area contributed by atoms with E-state index < -0.39 is 0 Å². The first kappa shape index (κ1) is 26.2. The van der Waals surface area contributed by atoms with Crippen molar-refractivity contribution in [3.8, 4) is 5.75 Å². The Bertz CT molecular complexity index is 572. The van der Waals surface area contributed by atoms with E-state index in [2.05, 4.69) is 26.6 Å². The van der Waals surface area contributed by atoms with Gasteiger partial charge in [0.15, 0.2) is 0 Å². The molecule has 0 radical (unpaired) electrons. The van der Waals surface area contributed by atoms with Crippen LogP contribution in [0.5, 0.6) is 5.75 Å². The Hall–Kier alpha value is -0.0805. The summed E-state index contributed by atoms with van der Waals surface area (Å²) < 4.78 is 0. The standard InChI is InChI=1S/C21H37N5O.2ClH.Mn/c27-21-8-4-1-5-17(21)15-18-16-26-20-7-3-2-6-19(20)25-14-12-23-10-9-22-11-13-24-18;;;/h1,4-5,8,18-20,22-27H,2-3,6-7,9-16H2;2*1H;/q;;;+2/p-2/t18-,19-,20-;;;/m1.../s1. The predicted molar refractivity (Wildman–Crippen MR) is 123 cm³/mol. The number of aromatic hydroxyl groups is 1. The molecule has 2 fully saturated rings. The molecule has 0 spiro atoms. The van der Waals surface area contributed by atoms with E-state index in [9.17, 15) is 5.11 Å². The molecule has 0 bridgehead atoms. The zero-order valence-corrected chi connectivity index (χ0v) is 20.3. The first-order chi connectivity index (χ1) is 14.7. The van der Waals surface area contributed by atoms with Gasteiger partial charge in [0.1, 0.15) is 5.75 Å². The number of phenols is 1. The second kappa shape index (κ2) is 16.5. The number of halogens is 2. The van der Waals surface area contributed by atoms with Crippen LogP contribution in [0.2, 0.25) is 0 Å². The zero-order valence-electron chi connectivity index (χ0n) is 17.6. The van der Waals surface area contributed by atoms with Crippen molar-refractivity contribution in [1.82, 2.24) is 26.6 Å². The Labute approximate surface area is 196 Å². The molecule has 0 aromatic heterocycles. The van der Waals surface area contributed by atoms with Crippen molar-refractivity contribution < 1.29 is 18.2 Å². The van der Waals surface area contributed by atoms with E-state index in [1.54, 1.807) is 6.07 Å². The molecule has 1 aromatic carbocycles. The minimum absolute atomic E-state index is 0.00694. The van der Waals surface area contributed by atoms with Gasteiger partial charge in [0.05, 0.1) is 0 Å². The molecule has 1 aromatic rings. The molecule has 30 heavy (non-hydrogen) atoms. The Morgan fingerprint density at radius 1 is 0.833 bits per heavy atom. The van der Waals surface area contributed by atoms with Crippen LogP contribution in [0.1, 0.15) is 31.2 Å². The molecule has 2 aliphatic rings. The van der Waals surface area contributed by atoms with E-state index in [0.29, 0.717) is 23.9 Å². The van der Waals surface area contributed by atoms with Gasteiger partial charge in [0.2, 0.25) is 0 Å². The summed E-state index contributed by atoms with van der Waals surface area (Å²) in [6.45, 7) is 6.89. The number of phenolic OH excluding ortho intramolecular Hbond substituents is 1. The maximum absolute atomic E-state index is 10.2. The number of fused-ring (bicyclic) bond motifs is 1. The second-order valence-corrected chi connectivity index (χ2v) is 9.85. The zero-order chi connectivity index (χ0) is 21.4. The van der Waals surface area contributed by atoms with Crippen molar-refractivity contribution in [2.45, 2.75) is 50.2 Å². The third kappa shape index (κ3) is 10.5. The van der Waals surface area contributed by atoms with Gasteiger partial charge in [-0.2, -0.15) is 0 Å². The number of hydrogen-bond donors (Lipinski definition) is 6. The average Bonchev–Trinajstić information content (AvgIpc) is 2.76. The van der Waals surface area contributed by atoms with Crippen LogP contribution in [0.4, 0.5) is 0 Å². The molecule has 1 aliphatic heterocycles. The Balaban J connectivity index is 0.00000101. The molecular weight excluding hydrogens is 464 g/mol. The Morgan fingerprint density at radius 2 is 1.40 bits per heavy atom. The van der Waals surface area contributed by atoms with Gasteiger partial charge >= 0.3 is 33.3 Å². The van der Waals surface area contributed by atoms with Crippen LogP contribution in [0.25, 0.3) is 0 Å². The fourth-order valence-corrected chi connectivity index (χ4v) is 4.22. The van der Waals surface area contributed by atoms with Gasteiger partial charge in [0.25, 0.3) is 0 Å². The van der Waals surface area contributed by atoms with Gasteiger partial charge in [-0.05, 0) is 30.9 Å². The van der Waals surface area contributed by atoms with Crippen LogP contribution in [0, 0.1) is 0 Å².